The van der Waals surface area contributed by atoms with Crippen LogP contribution in [0.4, 0.5) is 0 Å². The molecular formula is C12H20N2. The summed E-state index contributed by atoms with van der Waals surface area (Å²) in [5, 5.41) is 0. The highest BCUT2D eigenvalue weighted by molar-refractivity contribution is 5.15. The monoisotopic (exact) mass is 192 g/mol. The van der Waals surface area contributed by atoms with Crippen LogP contribution in [0.5, 0.6) is 0 Å². The lowest BCUT2D eigenvalue weighted by molar-refractivity contribution is 0.506. The van der Waals surface area contributed by atoms with Gasteiger partial charge < -0.3 is 4.57 Å². The molecule has 0 aliphatic carbocycles. The maximum atomic E-state index is 4.55. The molecule has 0 aromatic carbocycles. The van der Waals surface area contributed by atoms with Crippen molar-refractivity contribution in [1.82, 2.24) is 9.55 Å². The molecule has 1 aliphatic heterocycles. The summed E-state index contributed by atoms with van der Waals surface area (Å²) in [6, 6.07) is 0. The van der Waals surface area contributed by atoms with Crippen molar-refractivity contribution in [3.63, 3.8) is 0 Å². The number of aromatic nitrogens is 2. The molecule has 78 valence electrons. The molecule has 0 saturated carbocycles. The number of aryl methyl sites for hydroxylation is 1. The molecule has 2 nitrogen and oxygen atoms in total. The third-order valence-electron chi connectivity index (χ3n) is 2.99. The zero-order valence-electron chi connectivity index (χ0n) is 9.51. The van der Waals surface area contributed by atoms with Crippen molar-refractivity contribution in [2.45, 2.75) is 58.4 Å². The lowest BCUT2D eigenvalue weighted by Gasteiger charge is -2.21. The average Bonchev–Trinajstić information content (AvgIpc) is 2.36. The quantitative estimate of drug-likeness (QED) is 0.618. The molecular weight excluding hydrogens is 172 g/mol. The average molecular weight is 192 g/mol. The van der Waals surface area contributed by atoms with Crippen LogP contribution in [0, 0.1) is 0 Å². The fraction of sp³-hybridized carbons (Fsp3) is 0.750. The Labute approximate surface area is 86.3 Å². The van der Waals surface area contributed by atoms with Gasteiger partial charge in [-0.3, -0.25) is 0 Å². The summed E-state index contributed by atoms with van der Waals surface area (Å²) in [7, 11) is 0. The minimum atomic E-state index is 0.232. The second-order valence-electron chi connectivity index (χ2n) is 5.27. The van der Waals surface area contributed by atoms with E-state index in [0.717, 1.165) is 6.42 Å². The zero-order chi connectivity index (χ0) is 10.2. The van der Waals surface area contributed by atoms with Gasteiger partial charge in [-0.25, -0.2) is 4.98 Å². The molecule has 0 spiro atoms. The summed E-state index contributed by atoms with van der Waals surface area (Å²) >= 11 is 0. The first-order valence-electron chi connectivity index (χ1n) is 5.64. The number of nitrogens with zero attached hydrogens (tertiary/aromatic N) is 2. The first-order chi connectivity index (χ1) is 6.59. The fourth-order valence-corrected chi connectivity index (χ4v) is 2.19. The minimum absolute atomic E-state index is 0.232. The van der Waals surface area contributed by atoms with Crippen LogP contribution in [0.1, 0.15) is 51.6 Å². The third-order valence-corrected chi connectivity index (χ3v) is 2.99. The van der Waals surface area contributed by atoms with E-state index in [9.17, 15) is 0 Å². The van der Waals surface area contributed by atoms with E-state index < -0.39 is 0 Å². The molecule has 2 heteroatoms. The highest BCUT2D eigenvalue weighted by Crippen LogP contribution is 2.25. The second-order valence-corrected chi connectivity index (χ2v) is 5.27. The number of hydrogen-bond acceptors (Lipinski definition) is 1. The van der Waals surface area contributed by atoms with Crippen LogP contribution in [-0.4, -0.2) is 9.55 Å². The lowest BCUT2D eigenvalue weighted by Crippen LogP contribution is -2.18. The molecule has 0 unspecified atom stereocenters. The van der Waals surface area contributed by atoms with Crippen molar-refractivity contribution in [3.05, 3.63) is 17.7 Å². The SMILES string of the molecule is CC(C)(C)c1cnc2n1CCCCC2. The molecule has 0 radical (unpaired) electrons. The molecule has 1 aromatic rings. The van der Waals surface area contributed by atoms with E-state index in [4.69, 9.17) is 0 Å². The van der Waals surface area contributed by atoms with E-state index in [1.165, 1.54) is 37.3 Å². The Hall–Kier alpha value is -0.790. The highest BCUT2D eigenvalue weighted by atomic mass is 15.1. The molecule has 14 heavy (non-hydrogen) atoms. The Bertz CT molecular complexity index is 318. The summed E-state index contributed by atoms with van der Waals surface area (Å²) in [6.07, 6.45) is 7.21. The van der Waals surface area contributed by atoms with Crippen molar-refractivity contribution >= 4 is 0 Å². The molecule has 2 heterocycles. The smallest absolute Gasteiger partial charge is 0.108 e. The molecule has 2 rings (SSSR count). The van der Waals surface area contributed by atoms with Crippen molar-refractivity contribution in [2.24, 2.45) is 0 Å². The van der Waals surface area contributed by atoms with Gasteiger partial charge in [0.05, 0.1) is 0 Å². The minimum Gasteiger partial charge on any atom is -0.332 e. The van der Waals surface area contributed by atoms with Gasteiger partial charge in [-0.05, 0) is 12.8 Å². The van der Waals surface area contributed by atoms with Gasteiger partial charge >= 0.3 is 0 Å². The van der Waals surface area contributed by atoms with Crippen LogP contribution in [0.3, 0.4) is 0 Å². The zero-order valence-corrected chi connectivity index (χ0v) is 9.51. The van der Waals surface area contributed by atoms with Crippen LogP contribution in [0.15, 0.2) is 6.20 Å². The Balaban J connectivity index is 2.39. The van der Waals surface area contributed by atoms with Crippen LogP contribution in [-0.2, 0) is 18.4 Å². The van der Waals surface area contributed by atoms with Gasteiger partial charge in [0.1, 0.15) is 5.82 Å². The van der Waals surface area contributed by atoms with Gasteiger partial charge in [-0.15, -0.1) is 0 Å². The predicted octanol–water partition coefficient (Wildman–Crippen LogP) is 2.91. The first-order valence-corrected chi connectivity index (χ1v) is 5.64. The summed E-state index contributed by atoms with van der Waals surface area (Å²) < 4.78 is 2.44. The van der Waals surface area contributed by atoms with Crippen LogP contribution in [0.2, 0.25) is 0 Å². The van der Waals surface area contributed by atoms with Gasteiger partial charge in [-0.1, -0.05) is 27.2 Å². The van der Waals surface area contributed by atoms with Crippen LogP contribution >= 0.6 is 0 Å². The maximum Gasteiger partial charge on any atom is 0.108 e. The molecule has 0 amide bonds. The van der Waals surface area contributed by atoms with Gasteiger partial charge in [0, 0.05) is 30.3 Å². The summed E-state index contributed by atoms with van der Waals surface area (Å²) in [5.41, 5.74) is 1.63. The molecule has 1 aromatic heterocycles. The van der Waals surface area contributed by atoms with Crippen molar-refractivity contribution < 1.29 is 0 Å². The van der Waals surface area contributed by atoms with Crippen LogP contribution in [0.25, 0.3) is 0 Å². The van der Waals surface area contributed by atoms with E-state index in [-0.39, 0.29) is 5.41 Å². The van der Waals surface area contributed by atoms with Crippen molar-refractivity contribution in [1.29, 1.82) is 0 Å². The van der Waals surface area contributed by atoms with Gasteiger partial charge in [0.25, 0.3) is 0 Å². The Morgan fingerprint density at radius 2 is 2.00 bits per heavy atom. The Morgan fingerprint density at radius 1 is 1.21 bits per heavy atom. The Kier molecular flexibility index (Phi) is 2.38. The molecule has 1 aliphatic rings. The highest BCUT2D eigenvalue weighted by Gasteiger charge is 2.22. The number of rotatable bonds is 0. The fourth-order valence-electron chi connectivity index (χ4n) is 2.19. The number of hydrogen-bond donors (Lipinski definition) is 0. The van der Waals surface area contributed by atoms with Gasteiger partial charge in [-0.2, -0.15) is 0 Å². The van der Waals surface area contributed by atoms with Gasteiger partial charge in [0.15, 0.2) is 0 Å². The van der Waals surface area contributed by atoms with E-state index in [1.54, 1.807) is 0 Å². The van der Waals surface area contributed by atoms with E-state index in [0.29, 0.717) is 0 Å². The standard InChI is InChI=1S/C12H20N2/c1-12(2,3)10-9-13-11-7-5-4-6-8-14(10)11/h9H,4-8H2,1-3H3. The van der Waals surface area contributed by atoms with Crippen molar-refractivity contribution in [2.75, 3.05) is 0 Å². The largest absolute Gasteiger partial charge is 0.332 e. The summed E-state index contributed by atoms with van der Waals surface area (Å²) in [4.78, 5) is 4.55. The second kappa shape index (κ2) is 3.41. The molecule has 0 fully saturated rings. The third kappa shape index (κ3) is 1.70. The topological polar surface area (TPSA) is 17.8 Å². The molecule has 0 saturated heterocycles. The molecule has 0 atom stereocenters. The molecule has 0 bridgehead atoms. The summed E-state index contributed by atoms with van der Waals surface area (Å²) in [6.45, 7) is 7.97. The van der Waals surface area contributed by atoms with E-state index in [1.807, 2.05) is 0 Å². The molecule has 0 N–H and O–H groups in total. The predicted molar refractivity (Wildman–Crippen MR) is 58.5 cm³/mol. The maximum absolute atomic E-state index is 4.55. The normalized spacial score (nSPS) is 17.6. The Morgan fingerprint density at radius 3 is 2.71 bits per heavy atom. The van der Waals surface area contributed by atoms with Gasteiger partial charge in [0.2, 0.25) is 0 Å². The van der Waals surface area contributed by atoms with E-state index in [2.05, 4.69) is 36.5 Å². The van der Waals surface area contributed by atoms with Crippen molar-refractivity contribution in [3.8, 4) is 0 Å². The lowest BCUT2D eigenvalue weighted by atomic mass is 9.92. The first kappa shape index (κ1) is 9.75. The van der Waals surface area contributed by atoms with E-state index >= 15 is 0 Å². The van der Waals surface area contributed by atoms with Crippen LogP contribution < -0.4 is 0 Å². The number of fused-ring (bicyclic) bond motifs is 1. The number of imidazole rings is 1. The summed E-state index contributed by atoms with van der Waals surface area (Å²) in [5.74, 6) is 1.30.